The molecule has 1 amide bonds. The Hall–Kier alpha value is -3.02. The summed E-state index contributed by atoms with van der Waals surface area (Å²) in [7, 11) is 0. The molecule has 0 radical (unpaired) electrons. The van der Waals surface area contributed by atoms with Crippen LogP contribution in [0, 0.1) is 0 Å². The summed E-state index contributed by atoms with van der Waals surface area (Å²) >= 11 is 0. The highest BCUT2D eigenvalue weighted by atomic mass is 16.3. The zero-order valence-corrected chi connectivity index (χ0v) is 16.0. The maximum absolute atomic E-state index is 12.3. The Morgan fingerprint density at radius 1 is 1.22 bits per heavy atom. The van der Waals surface area contributed by atoms with E-state index >= 15 is 0 Å². The minimum atomic E-state index is -0.00376. The summed E-state index contributed by atoms with van der Waals surface area (Å²) < 4.78 is 3.91. The highest BCUT2D eigenvalue weighted by molar-refractivity contribution is 5.90. The summed E-state index contributed by atoms with van der Waals surface area (Å²) in [5.74, 6) is 0.486. The van der Waals surface area contributed by atoms with Gasteiger partial charge in [0.05, 0.1) is 17.6 Å². The van der Waals surface area contributed by atoms with Crippen LogP contribution in [0.1, 0.15) is 44.4 Å². The Balaban J connectivity index is 1.71. The van der Waals surface area contributed by atoms with Crippen molar-refractivity contribution in [2.45, 2.75) is 46.1 Å². The van der Waals surface area contributed by atoms with E-state index in [2.05, 4.69) is 31.2 Å². The molecule has 3 rings (SSSR count). The van der Waals surface area contributed by atoms with E-state index in [0.717, 1.165) is 29.2 Å². The largest absolute Gasteiger partial charge is 0.508 e. The van der Waals surface area contributed by atoms with E-state index in [1.54, 1.807) is 12.1 Å². The molecule has 0 aliphatic heterocycles. The lowest BCUT2D eigenvalue weighted by Gasteiger charge is -2.13. The van der Waals surface area contributed by atoms with E-state index in [-0.39, 0.29) is 17.6 Å². The number of carbonyl (C=O) groups is 1. The minimum Gasteiger partial charge on any atom is -0.508 e. The van der Waals surface area contributed by atoms with Gasteiger partial charge in [-0.2, -0.15) is 5.10 Å². The molecule has 0 spiro atoms. The van der Waals surface area contributed by atoms with Gasteiger partial charge in [0.15, 0.2) is 0 Å². The van der Waals surface area contributed by atoms with Gasteiger partial charge in [0, 0.05) is 31.1 Å². The van der Waals surface area contributed by atoms with Crippen LogP contribution in [0.5, 0.6) is 5.75 Å². The SMILES string of the molecule is CCn1ccc(NC(=O)CCc2cnn(-c3ccc(O)cc3)c2C(C)C)c1. The number of carbonyl (C=O) groups excluding carboxylic acids is 1. The van der Waals surface area contributed by atoms with Crippen molar-refractivity contribution in [1.82, 2.24) is 14.3 Å². The molecule has 6 heteroatoms. The van der Waals surface area contributed by atoms with Gasteiger partial charge >= 0.3 is 0 Å². The zero-order valence-electron chi connectivity index (χ0n) is 16.0. The lowest BCUT2D eigenvalue weighted by atomic mass is 10.0. The van der Waals surface area contributed by atoms with Crippen LogP contribution in [0.15, 0.2) is 48.9 Å². The van der Waals surface area contributed by atoms with Gasteiger partial charge in [-0.3, -0.25) is 4.79 Å². The van der Waals surface area contributed by atoms with Crippen molar-refractivity contribution >= 4 is 11.6 Å². The maximum Gasteiger partial charge on any atom is 0.224 e. The van der Waals surface area contributed by atoms with Gasteiger partial charge < -0.3 is 15.0 Å². The summed E-state index contributed by atoms with van der Waals surface area (Å²) in [5.41, 5.74) is 3.88. The number of hydrogen-bond donors (Lipinski definition) is 2. The number of phenols is 1. The van der Waals surface area contributed by atoms with Gasteiger partial charge in [-0.1, -0.05) is 13.8 Å². The first-order chi connectivity index (χ1) is 13.0. The van der Waals surface area contributed by atoms with E-state index in [1.165, 1.54) is 0 Å². The third-order valence-electron chi connectivity index (χ3n) is 4.55. The number of nitrogens with zero attached hydrogens (tertiary/aromatic N) is 3. The predicted octanol–water partition coefficient (Wildman–Crippen LogP) is 4.09. The van der Waals surface area contributed by atoms with E-state index in [0.29, 0.717) is 12.8 Å². The van der Waals surface area contributed by atoms with Crippen LogP contribution in [0.2, 0.25) is 0 Å². The maximum atomic E-state index is 12.3. The Kier molecular flexibility index (Phi) is 5.64. The average molecular weight is 366 g/mol. The first-order valence-electron chi connectivity index (χ1n) is 9.29. The summed E-state index contributed by atoms with van der Waals surface area (Å²) in [6.45, 7) is 7.17. The van der Waals surface area contributed by atoms with Gasteiger partial charge in [-0.25, -0.2) is 4.68 Å². The van der Waals surface area contributed by atoms with Crippen LogP contribution in [-0.2, 0) is 17.8 Å². The van der Waals surface area contributed by atoms with Crippen LogP contribution in [0.4, 0.5) is 5.69 Å². The number of hydrogen-bond acceptors (Lipinski definition) is 3. The number of aromatic nitrogens is 3. The summed E-state index contributed by atoms with van der Waals surface area (Å²) in [6, 6.07) is 8.88. The number of amides is 1. The van der Waals surface area contributed by atoms with E-state index in [9.17, 15) is 9.90 Å². The summed E-state index contributed by atoms with van der Waals surface area (Å²) in [6.07, 6.45) is 6.75. The molecule has 27 heavy (non-hydrogen) atoms. The highest BCUT2D eigenvalue weighted by Gasteiger charge is 2.16. The Morgan fingerprint density at radius 3 is 2.59 bits per heavy atom. The smallest absolute Gasteiger partial charge is 0.224 e. The average Bonchev–Trinajstić information content (AvgIpc) is 3.27. The van der Waals surface area contributed by atoms with Gasteiger partial charge in [-0.05, 0) is 55.2 Å². The third-order valence-corrected chi connectivity index (χ3v) is 4.55. The lowest BCUT2D eigenvalue weighted by molar-refractivity contribution is -0.116. The van der Waals surface area contributed by atoms with Gasteiger partial charge in [0.2, 0.25) is 5.91 Å². The lowest BCUT2D eigenvalue weighted by Crippen LogP contribution is -2.13. The Labute approximate surface area is 159 Å². The van der Waals surface area contributed by atoms with Gasteiger partial charge in [0.25, 0.3) is 0 Å². The molecule has 0 fully saturated rings. The normalized spacial score (nSPS) is 11.1. The fourth-order valence-electron chi connectivity index (χ4n) is 3.18. The first kappa shape index (κ1) is 18.8. The fourth-order valence-corrected chi connectivity index (χ4v) is 3.18. The van der Waals surface area contributed by atoms with Crippen molar-refractivity contribution in [3.63, 3.8) is 0 Å². The van der Waals surface area contributed by atoms with Crippen LogP contribution >= 0.6 is 0 Å². The first-order valence-corrected chi connectivity index (χ1v) is 9.29. The third kappa shape index (κ3) is 4.39. The predicted molar refractivity (Wildman–Crippen MR) is 106 cm³/mol. The molecule has 0 aliphatic carbocycles. The van der Waals surface area contributed by atoms with Crippen molar-refractivity contribution in [1.29, 1.82) is 0 Å². The number of aryl methyl sites for hydroxylation is 2. The van der Waals surface area contributed by atoms with Crippen LogP contribution in [0.3, 0.4) is 0 Å². The topological polar surface area (TPSA) is 72.1 Å². The van der Waals surface area contributed by atoms with Gasteiger partial charge in [0.1, 0.15) is 5.75 Å². The molecule has 0 bridgehead atoms. The number of benzene rings is 1. The number of aromatic hydroxyl groups is 1. The van der Waals surface area contributed by atoms with Crippen molar-refractivity contribution in [2.75, 3.05) is 5.32 Å². The van der Waals surface area contributed by atoms with Crippen molar-refractivity contribution in [2.24, 2.45) is 0 Å². The van der Waals surface area contributed by atoms with Crippen molar-refractivity contribution in [3.8, 4) is 11.4 Å². The molecular formula is C21H26N4O2. The molecular weight excluding hydrogens is 340 g/mol. The zero-order chi connectivity index (χ0) is 19.4. The number of phenolic OH excluding ortho intramolecular Hbond substituents is 1. The number of rotatable bonds is 7. The Bertz CT molecular complexity index is 907. The Morgan fingerprint density at radius 2 is 1.96 bits per heavy atom. The molecule has 0 atom stereocenters. The monoisotopic (exact) mass is 366 g/mol. The van der Waals surface area contributed by atoms with Crippen LogP contribution in [-0.4, -0.2) is 25.4 Å². The second kappa shape index (κ2) is 8.12. The molecule has 0 saturated heterocycles. The standard InChI is InChI=1S/C21H26N4O2/c1-4-24-12-11-17(14-24)23-20(27)10-5-16-13-22-25(21(16)15(2)3)18-6-8-19(26)9-7-18/h6-9,11-15,26H,4-5,10H2,1-3H3,(H,23,27). The molecule has 0 saturated carbocycles. The quantitative estimate of drug-likeness (QED) is 0.661. The second-order valence-corrected chi connectivity index (χ2v) is 6.92. The molecule has 6 nitrogen and oxygen atoms in total. The summed E-state index contributed by atoms with van der Waals surface area (Å²) in [4.78, 5) is 12.3. The molecule has 2 aromatic heterocycles. The second-order valence-electron chi connectivity index (χ2n) is 6.92. The molecule has 2 heterocycles. The molecule has 3 aromatic rings. The fraction of sp³-hybridized carbons (Fsp3) is 0.333. The molecule has 142 valence electrons. The number of nitrogens with one attached hydrogen (secondary N) is 1. The minimum absolute atomic E-state index is 0.00376. The molecule has 0 unspecified atom stereocenters. The van der Waals surface area contributed by atoms with Crippen LogP contribution in [0.25, 0.3) is 5.69 Å². The van der Waals surface area contributed by atoms with Crippen molar-refractivity contribution < 1.29 is 9.90 Å². The summed E-state index contributed by atoms with van der Waals surface area (Å²) in [5, 5.41) is 17.0. The molecule has 1 aromatic carbocycles. The molecule has 0 aliphatic rings. The van der Waals surface area contributed by atoms with Crippen molar-refractivity contribution in [3.05, 3.63) is 60.2 Å². The molecule has 2 N–H and O–H groups in total. The number of anilines is 1. The van der Waals surface area contributed by atoms with Crippen LogP contribution < -0.4 is 5.32 Å². The van der Waals surface area contributed by atoms with E-state index < -0.39 is 0 Å². The van der Waals surface area contributed by atoms with E-state index in [4.69, 9.17) is 0 Å². The highest BCUT2D eigenvalue weighted by Crippen LogP contribution is 2.25. The van der Waals surface area contributed by atoms with E-state index in [1.807, 2.05) is 46.0 Å². The van der Waals surface area contributed by atoms with Gasteiger partial charge in [-0.15, -0.1) is 0 Å².